The molecule has 0 N–H and O–H groups in total. The van der Waals surface area contributed by atoms with E-state index in [1.54, 1.807) is 7.05 Å². The van der Waals surface area contributed by atoms with Crippen LogP contribution < -0.4 is 16.1 Å². The Labute approximate surface area is 167 Å². The molecule has 0 bridgehead atoms. The van der Waals surface area contributed by atoms with Gasteiger partial charge in [-0.3, -0.25) is 18.5 Å². The SMILES string of the molecule is CC1CCN(c2nc3c(c(=O)n(C)c(=O)n3C)n2Cc2cccc(Cl)c2)CC1. The normalized spacial score (nSPS) is 15.5. The molecule has 1 aliphatic heterocycles. The molecule has 148 valence electrons. The van der Waals surface area contributed by atoms with Gasteiger partial charge in [0, 0.05) is 32.2 Å². The summed E-state index contributed by atoms with van der Waals surface area (Å²) >= 11 is 6.16. The number of piperidine rings is 1. The van der Waals surface area contributed by atoms with Crippen molar-refractivity contribution in [2.75, 3.05) is 18.0 Å². The van der Waals surface area contributed by atoms with Crippen molar-refractivity contribution in [1.29, 1.82) is 0 Å². The number of anilines is 1. The molecule has 1 aliphatic rings. The zero-order valence-electron chi connectivity index (χ0n) is 16.4. The lowest BCUT2D eigenvalue weighted by Crippen LogP contribution is -2.38. The van der Waals surface area contributed by atoms with Crippen LogP contribution in [0.3, 0.4) is 0 Å². The average Bonchev–Trinajstić information content (AvgIpc) is 3.04. The van der Waals surface area contributed by atoms with Gasteiger partial charge in [-0.2, -0.15) is 4.98 Å². The number of imidazole rings is 1. The molecule has 0 saturated carbocycles. The van der Waals surface area contributed by atoms with Crippen LogP contribution in [0.5, 0.6) is 0 Å². The number of aryl methyl sites for hydroxylation is 1. The predicted octanol–water partition coefficient (Wildman–Crippen LogP) is 2.37. The Hall–Kier alpha value is -2.54. The summed E-state index contributed by atoms with van der Waals surface area (Å²) < 4.78 is 4.51. The molecule has 0 spiro atoms. The van der Waals surface area contributed by atoms with Gasteiger partial charge in [0.2, 0.25) is 5.95 Å². The van der Waals surface area contributed by atoms with Crippen LogP contribution in [-0.4, -0.2) is 31.8 Å². The van der Waals surface area contributed by atoms with E-state index < -0.39 is 0 Å². The first-order valence-corrected chi connectivity index (χ1v) is 9.90. The van der Waals surface area contributed by atoms with Crippen LogP contribution in [0.2, 0.25) is 5.02 Å². The lowest BCUT2D eigenvalue weighted by atomic mass is 10.00. The Balaban J connectivity index is 1.94. The molecule has 3 aromatic rings. The van der Waals surface area contributed by atoms with Crippen LogP contribution in [0, 0.1) is 5.92 Å². The van der Waals surface area contributed by atoms with E-state index in [1.165, 1.54) is 11.6 Å². The lowest BCUT2D eigenvalue weighted by molar-refractivity contribution is 0.432. The second kappa shape index (κ2) is 7.13. The maximum absolute atomic E-state index is 13.0. The van der Waals surface area contributed by atoms with Gasteiger partial charge in [0.05, 0.1) is 6.54 Å². The van der Waals surface area contributed by atoms with E-state index >= 15 is 0 Å². The molecule has 0 amide bonds. The topological polar surface area (TPSA) is 65.1 Å². The zero-order chi connectivity index (χ0) is 20.0. The minimum Gasteiger partial charge on any atom is -0.342 e. The van der Waals surface area contributed by atoms with Crippen LogP contribution in [-0.2, 0) is 20.6 Å². The smallest absolute Gasteiger partial charge is 0.332 e. The van der Waals surface area contributed by atoms with Gasteiger partial charge in [0.1, 0.15) is 0 Å². The molecule has 1 aromatic carbocycles. The summed E-state index contributed by atoms with van der Waals surface area (Å²) in [5, 5.41) is 0.649. The van der Waals surface area contributed by atoms with Crippen molar-refractivity contribution >= 4 is 28.7 Å². The molecule has 3 heterocycles. The molecule has 4 rings (SSSR count). The molecule has 0 aliphatic carbocycles. The molecule has 0 radical (unpaired) electrons. The molecule has 8 heteroatoms. The van der Waals surface area contributed by atoms with Crippen LogP contribution >= 0.6 is 11.6 Å². The fraction of sp³-hybridized carbons (Fsp3) is 0.450. The summed E-state index contributed by atoms with van der Waals surface area (Å²) in [4.78, 5) is 32.3. The molecule has 7 nitrogen and oxygen atoms in total. The Bertz CT molecular complexity index is 1150. The van der Waals surface area contributed by atoms with Crippen molar-refractivity contribution in [3.63, 3.8) is 0 Å². The fourth-order valence-electron chi connectivity index (χ4n) is 3.85. The fourth-order valence-corrected chi connectivity index (χ4v) is 4.07. The van der Waals surface area contributed by atoms with Crippen molar-refractivity contribution in [1.82, 2.24) is 18.7 Å². The number of nitrogens with zero attached hydrogens (tertiary/aromatic N) is 5. The van der Waals surface area contributed by atoms with Gasteiger partial charge in [0.15, 0.2) is 11.2 Å². The van der Waals surface area contributed by atoms with E-state index in [1.807, 2.05) is 28.8 Å². The summed E-state index contributed by atoms with van der Waals surface area (Å²) in [6.07, 6.45) is 2.16. The van der Waals surface area contributed by atoms with E-state index in [9.17, 15) is 9.59 Å². The highest BCUT2D eigenvalue weighted by Crippen LogP contribution is 2.26. The number of fused-ring (bicyclic) bond motifs is 1. The van der Waals surface area contributed by atoms with Gasteiger partial charge in [-0.15, -0.1) is 0 Å². The molecule has 0 unspecified atom stereocenters. The number of hydrogen-bond acceptors (Lipinski definition) is 4. The van der Waals surface area contributed by atoms with Crippen molar-refractivity contribution < 1.29 is 0 Å². The van der Waals surface area contributed by atoms with Gasteiger partial charge < -0.3 is 4.90 Å². The number of rotatable bonds is 3. The quantitative estimate of drug-likeness (QED) is 0.675. The first-order chi connectivity index (χ1) is 13.4. The number of benzene rings is 1. The average molecular weight is 402 g/mol. The van der Waals surface area contributed by atoms with Gasteiger partial charge in [0.25, 0.3) is 5.56 Å². The van der Waals surface area contributed by atoms with Gasteiger partial charge in [-0.25, -0.2) is 4.79 Å². The highest BCUT2D eigenvalue weighted by Gasteiger charge is 2.25. The maximum Gasteiger partial charge on any atom is 0.332 e. The Morgan fingerprint density at radius 1 is 1.14 bits per heavy atom. The third-order valence-corrected chi connectivity index (χ3v) is 5.86. The third kappa shape index (κ3) is 3.13. The van der Waals surface area contributed by atoms with Gasteiger partial charge in [-0.1, -0.05) is 30.7 Å². The van der Waals surface area contributed by atoms with E-state index in [0.717, 1.165) is 42.0 Å². The molecule has 1 saturated heterocycles. The molecular weight excluding hydrogens is 378 g/mol. The monoisotopic (exact) mass is 401 g/mol. The number of halogens is 1. The number of hydrogen-bond donors (Lipinski definition) is 0. The summed E-state index contributed by atoms with van der Waals surface area (Å²) in [7, 11) is 3.16. The summed E-state index contributed by atoms with van der Waals surface area (Å²) in [5.41, 5.74) is 1.14. The first kappa shape index (κ1) is 18.8. The minimum atomic E-state index is -0.372. The predicted molar refractivity (Wildman–Crippen MR) is 111 cm³/mol. The van der Waals surface area contributed by atoms with Crippen molar-refractivity contribution in [2.24, 2.45) is 20.0 Å². The highest BCUT2D eigenvalue weighted by molar-refractivity contribution is 6.30. The maximum atomic E-state index is 13.0. The minimum absolute atomic E-state index is 0.329. The molecule has 1 fully saturated rings. The third-order valence-electron chi connectivity index (χ3n) is 5.62. The van der Waals surface area contributed by atoms with Gasteiger partial charge >= 0.3 is 5.69 Å². The van der Waals surface area contributed by atoms with E-state index in [2.05, 4.69) is 11.8 Å². The van der Waals surface area contributed by atoms with E-state index in [0.29, 0.717) is 28.6 Å². The summed E-state index contributed by atoms with van der Waals surface area (Å²) in [6, 6.07) is 7.59. The lowest BCUT2D eigenvalue weighted by Gasteiger charge is -2.31. The number of aromatic nitrogens is 4. The van der Waals surface area contributed by atoms with Crippen molar-refractivity contribution in [3.05, 3.63) is 55.7 Å². The zero-order valence-corrected chi connectivity index (χ0v) is 17.1. The second-order valence-electron chi connectivity index (χ2n) is 7.68. The van der Waals surface area contributed by atoms with Crippen molar-refractivity contribution in [3.8, 4) is 0 Å². The molecule has 2 aromatic heterocycles. The summed E-state index contributed by atoms with van der Waals surface area (Å²) in [6.45, 7) is 4.49. The second-order valence-corrected chi connectivity index (χ2v) is 8.11. The van der Waals surface area contributed by atoms with Gasteiger partial charge in [-0.05, 0) is 36.5 Å². The van der Waals surface area contributed by atoms with Crippen LogP contribution in [0.15, 0.2) is 33.9 Å². The first-order valence-electron chi connectivity index (χ1n) is 9.52. The van der Waals surface area contributed by atoms with Crippen LogP contribution in [0.25, 0.3) is 11.2 Å². The molecule has 0 atom stereocenters. The molecular formula is C20H24ClN5O2. The summed E-state index contributed by atoms with van der Waals surface area (Å²) in [5.74, 6) is 1.42. The van der Waals surface area contributed by atoms with E-state index in [-0.39, 0.29) is 11.2 Å². The highest BCUT2D eigenvalue weighted by atomic mass is 35.5. The van der Waals surface area contributed by atoms with Crippen LogP contribution in [0.4, 0.5) is 5.95 Å². The Morgan fingerprint density at radius 3 is 2.54 bits per heavy atom. The molecule has 28 heavy (non-hydrogen) atoms. The van der Waals surface area contributed by atoms with Crippen molar-refractivity contribution in [2.45, 2.75) is 26.3 Å². The largest absolute Gasteiger partial charge is 0.342 e. The standard InChI is InChI=1S/C20H24ClN5O2/c1-13-7-9-25(10-8-13)19-22-17-16(18(27)24(3)20(28)23(17)2)26(19)12-14-5-4-6-15(21)11-14/h4-6,11,13H,7-10,12H2,1-3H3. The Morgan fingerprint density at radius 2 is 1.86 bits per heavy atom. The Kier molecular flexibility index (Phi) is 4.79. The van der Waals surface area contributed by atoms with E-state index in [4.69, 9.17) is 16.6 Å². The van der Waals surface area contributed by atoms with Crippen LogP contribution in [0.1, 0.15) is 25.3 Å².